The van der Waals surface area contributed by atoms with Crippen molar-refractivity contribution in [3.8, 4) is 0 Å². The third kappa shape index (κ3) is 24.3. The fourth-order valence-corrected chi connectivity index (χ4v) is 4.06. The molecular formula is C21H44O5PS+. The zero-order valence-corrected chi connectivity index (χ0v) is 19.7. The molecule has 5 nitrogen and oxygen atoms in total. The van der Waals surface area contributed by atoms with E-state index in [0.717, 1.165) is 6.42 Å². The Hall–Kier alpha value is 0.290. The summed E-state index contributed by atoms with van der Waals surface area (Å²) in [5, 5.41) is 9.46. The van der Waals surface area contributed by atoms with Crippen LogP contribution in [0, 0.1) is 0 Å². The molecule has 0 fully saturated rings. The lowest BCUT2D eigenvalue weighted by molar-refractivity contribution is 0.105. The van der Waals surface area contributed by atoms with Crippen LogP contribution >= 0.6 is 20.3 Å². The van der Waals surface area contributed by atoms with Crippen molar-refractivity contribution in [2.75, 3.05) is 13.2 Å². The minimum Gasteiger partial charge on any atom is -0.381 e. The van der Waals surface area contributed by atoms with Gasteiger partial charge in [0.15, 0.2) is 0 Å². The van der Waals surface area contributed by atoms with Gasteiger partial charge in [-0.2, -0.15) is 0 Å². The minimum atomic E-state index is -2.66. The molecule has 0 aliphatic carbocycles. The van der Waals surface area contributed by atoms with Gasteiger partial charge in [-0.05, 0) is 10.4 Å². The van der Waals surface area contributed by atoms with Crippen LogP contribution in [-0.2, 0) is 13.3 Å². The summed E-state index contributed by atoms with van der Waals surface area (Å²) in [6.45, 7) is 3.43. The molecule has 2 unspecified atom stereocenters. The molecule has 0 aliphatic rings. The molecule has 0 bridgehead atoms. The van der Waals surface area contributed by atoms with E-state index >= 15 is 0 Å². The van der Waals surface area contributed by atoms with E-state index in [0.29, 0.717) is 31.7 Å². The highest BCUT2D eigenvalue weighted by Crippen LogP contribution is 2.27. The lowest BCUT2D eigenvalue weighted by atomic mass is 10.0. The molecule has 2 atom stereocenters. The maximum atomic E-state index is 10.3. The molecule has 0 aromatic heterocycles. The summed E-state index contributed by atoms with van der Waals surface area (Å²) in [4.78, 5) is 8.46. The number of aliphatic hydroxyl groups excluding tert-OH is 1. The second-order valence-corrected chi connectivity index (χ2v) is 9.38. The Balaban J connectivity index is 3.07. The van der Waals surface area contributed by atoms with E-state index < -0.39 is 13.7 Å². The predicted molar refractivity (Wildman–Crippen MR) is 119 cm³/mol. The van der Waals surface area contributed by atoms with Crippen LogP contribution in [0.5, 0.6) is 0 Å². The maximum Gasteiger partial charge on any atom is 0.707 e. The van der Waals surface area contributed by atoms with E-state index in [9.17, 15) is 9.67 Å². The van der Waals surface area contributed by atoms with E-state index in [1.165, 1.54) is 96.3 Å². The average Bonchev–Trinajstić information content (AvgIpc) is 2.68. The van der Waals surface area contributed by atoms with Crippen LogP contribution in [0.4, 0.5) is 0 Å². The molecule has 0 aromatic carbocycles. The predicted octanol–water partition coefficient (Wildman–Crippen LogP) is 7.29. The molecule has 0 radical (unpaired) electrons. The van der Waals surface area contributed by atoms with Gasteiger partial charge in [0.1, 0.15) is 5.44 Å². The van der Waals surface area contributed by atoms with Gasteiger partial charge in [0.2, 0.25) is 0 Å². The van der Waals surface area contributed by atoms with Gasteiger partial charge >= 0.3 is 8.25 Å². The molecule has 0 saturated heterocycles. The second-order valence-electron chi connectivity index (χ2n) is 7.57. The lowest BCUT2D eigenvalue weighted by Crippen LogP contribution is -2.07. The molecule has 0 rings (SSSR count). The highest BCUT2D eigenvalue weighted by molar-refractivity contribution is 7.97. The molecule has 0 aliphatic heterocycles. The SMILES string of the molecule is CCCCCCCCCCCCCCCCCCOCCC(O)SO[P+](=O)O. The van der Waals surface area contributed by atoms with Crippen LogP contribution in [0.25, 0.3) is 0 Å². The van der Waals surface area contributed by atoms with Gasteiger partial charge in [-0.1, -0.05) is 103 Å². The van der Waals surface area contributed by atoms with Gasteiger partial charge in [-0.15, -0.1) is 4.89 Å². The summed E-state index contributed by atoms with van der Waals surface area (Å²) in [5.41, 5.74) is -0.822. The van der Waals surface area contributed by atoms with Gasteiger partial charge in [-0.25, -0.2) is 0 Å². The molecule has 168 valence electrons. The van der Waals surface area contributed by atoms with Crippen molar-refractivity contribution in [3.63, 3.8) is 0 Å². The van der Waals surface area contributed by atoms with Gasteiger partial charge in [0.25, 0.3) is 0 Å². The molecule has 0 spiro atoms. The Kier molecular flexibility index (Phi) is 23.8. The van der Waals surface area contributed by atoms with Crippen LogP contribution < -0.4 is 0 Å². The van der Waals surface area contributed by atoms with Crippen LogP contribution in [0.15, 0.2) is 0 Å². The van der Waals surface area contributed by atoms with Crippen molar-refractivity contribution < 1.29 is 23.3 Å². The van der Waals surface area contributed by atoms with E-state index in [-0.39, 0.29) is 0 Å². The first-order valence-electron chi connectivity index (χ1n) is 11.4. The number of ether oxygens (including phenoxy) is 1. The zero-order chi connectivity index (χ0) is 20.7. The maximum absolute atomic E-state index is 10.3. The fourth-order valence-electron chi connectivity index (χ4n) is 3.17. The zero-order valence-electron chi connectivity index (χ0n) is 18.0. The Morgan fingerprint density at radius 3 is 1.61 bits per heavy atom. The molecule has 28 heavy (non-hydrogen) atoms. The summed E-state index contributed by atoms with van der Waals surface area (Å²) in [6, 6.07) is 0. The third-order valence-electron chi connectivity index (χ3n) is 4.87. The van der Waals surface area contributed by atoms with Crippen molar-refractivity contribution in [1.29, 1.82) is 0 Å². The van der Waals surface area contributed by atoms with E-state index in [4.69, 9.17) is 9.63 Å². The van der Waals surface area contributed by atoms with Crippen LogP contribution in [0.1, 0.15) is 116 Å². The molecule has 0 amide bonds. The molecule has 0 aromatic rings. The lowest BCUT2D eigenvalue weighted by Gasteiger charge is -2.07. The number of hydrogen-bond donors (Lipinski definition) is 2. The molecule has 7 heteroatoms. The normalized spacial score (nSPS) is 13.0. The van der Waals surface area contributed by atoms with Crippen LogP contribution in [0.3, 0.4) is 0 Å². The smallest absolute Gasteiger partial charge is 0.381 e. The van der Waals surface area contributed by atoms with Crippen molar-refractivity contribution >= 4 is 20.3 Å². The standard InChI is InChI=1S/C21H43O5PS/c1-2-3-4-5-6-7-8-9-10-11-12-13-14-15-16-17-19-25-20-18-21(22)28-26-27(23)24/h21-22H,2-20H2,1H3/p+1. The minimum absolute atomic E-state index is 0.396. The summed E-state index contributed by atoms with van der Waals surface area (Å²) in [5.74, 6) is 0. The molecule has 2 N–H and O–H groups in total. The van der Waals surface area contributed by atoms with Crippen molar-refractivity contribution in [3.05, 3.63) is 0 Å². The summed E-state index contributed by atoms with van der Waals surface area (Å²) >= 11 is 0.616. The van der Waals surface area contributed by atoms with Crippen LogP contribution in [0.2, 0.25) is 0 Å². The first kappa shape index (κ1) is 28.3. The first-order valence-corrected chi connectivity index (χ1v) is 13.4. The Labute approximate surface area is 178 Å². The number of rotatable bonds is 23. The first-order chi connectivity index (χ1) is 13.7. The summed E-state index contributed by atoms with van der Waals surface area (Å²) < 4.78 is 20.2. The molecule has 0 heterocycles. The summed E-state index contributed by atoms with van der Waals surface area (Å²) in [6.07, 6.45) is 22.1. The monoisotopic (exact) mass is 439 g/mol. The summed E-state index contributed by atoms with van der Waals surface area (Å²) in [7, 11) is -2.66. The largest absolute Gasteiger partial charge is 0.707 e. The quantitative estimate of drug-likeness (QED) is 0.0753. The van der Waals surface area contributed by atoms with Crippen LogP contribution in [-0.4, -0.2) is 28.6 Å². The Morgan fingerprint density at radius 1 is 0.750 bits per heavy atom. The van der Waals surface area contributed by atoms with Crippen molar-refractivity contribution in [2.45, 2.75) is 122 Å². The van der Waals surface area contributed by atoms with Crippen molar-refractivity contribution in [1.82, 2.24) is 0 Å². The number of hydrogen-bond acceptors (Lipinski definition) is 5. The third-order valence-corrected chi connectivity index (χ3v) is 6.18. The number of aliphatic hydroxyl groups is 1. The Bertz CT molecular complexity index is 334. The van der Waals surface area contributed by atoms with E-state index in [1.54, 1.807) is 0 Å². The van der Waals surface area contributed by atoms with Gasteiger partial charge in [0.05, 0.1) is 12.0 Å². The van der Waals surface area contributed by atoms with Gasteiger partial charge < -0.3 is 9.84 Å². The molecule has 0 saturated carbocycles. The van der Waals surface area contributed by atoms with Gasteiger partial charge in [0, 0.05) is 24.2 Å². The Morgan fingerprint density at radius 2 is 1.18 bits per heavy atom. The van der Waals surface area contributed by atoms with E-state index in [2.05, 4.69) is 10.9 Å². The van der Waals surface area contributed by atoms with E-state index in [1.807, 2.05) is 0 Å². The molecular weight excluding hydrogens is 395 g/mol. The van der Waals surface area contributed by atoms with Crippen molar-refractivity contribution in [2.24, 2.45) is 0 Å². The highest BCUT2D eigenvalue weighted by atomic mass is 32.2. The van der Waals surface area contributed by atoms with Gasteiger partial charge in [-0.3, -0.25) is 0 Å². The number of unbranched alkanes of at least 4 members (excludes halogenated alkanes) is 15. The topological polar surface area (TPSA) is 76.0 Å². The fraction of sp³-hybridized carbons (Fsp3) is 1.00. The average molecular weight is 440 g/mol. The highest BCUT2D eigenvalue weighted by Gasteiger charge is 2.17. The second kappa shape index (κ2) is 23.6.